The van der Waals surface area contributed by atoms with Crippen LogP contribution in [-0.2, 0) is 0 Å². The molecule has 102 valence electrons. The van der Waals surface area contributed by atoms with Crippen molar-refractivity contribution < 1.29 is 18.3 Å². The zero-order valence-corrected chi connectivity index (χ0v) is 11.8. The van der Waals surface area contributed by atoms with Crippen LogP contribution in [0, 0.1) is 11.6 Å². The van der Waals surface area contributed by atoms with Crippen LogP contribution in [0.25, 0.3) is 0 Å². The van der Waals surface area contributed by atoms with E-state index in [0.717, 1.165) is 6.07 Å². The quantitative estimate of drug-likeness (QED) is 0.768. The van der Waals surface area contributed by atoms with Crippen molar-refractivity contribution in [2.75, 3.05) is 0 Å². The van der Waals surface area contributed by atoms with Gasteiger partial charge in [0, 0.05) is 10.0 Å². The normalized spacial score (nSPS) is 17.6. The molecule has 0 fully saturated rings. The fourth-order valence-corrected chi connectivity index (χ4v) is 2.57. The van der Waals surface area contributed by atoms with Crippen molar-refractivity contribution in [3.8, 4) is 5.75 Å². The van der Waals surface area contributed by atoms with Gasteiger partial charge in [0.05, 0.1) is 12.0 Å². The molecule has 0 aliphatic carbocycles. The third-order valence-electron chi connectivity index (χ3n) is 3.19. The smallest absolute Gasteiger partial charge is 0.170 e. The van der Waals surface area contributed by atoms with Crippen molar-refractivity contribution in [1.82, 2.24) is 0 Å². The van der Waals surface area contributed by atoms with E-state index in [1.165, 1.54) is 18.2 Å². The second kappa shape index (κ2) is 4.98. The van der Waals surface area contributed by atoms with Crippen molar-refractivity contribution >= 4 is 21.7 Å². The van der Waals surface area contributed by atoms with Gasteiger partial charge in [0.15, 0.2) is 5.78 Å². The van der Waals surface area contributed by atoms with Crippen molar-refractivity contribution in [2.45, 2.75) is 12.5 Å². The van der Waals surface area contributed by atoms with Crippen molar-refractivity contribution in [3.05, 3.63) is 63.6 Å². The first-order valence-corrected chi connectivity index (χ1v) is 6.78. The second-order valence-corrected chi connectivity index (χ2v) is 5.46. The lowest BCUT2D eigenvalue weighted by Crippen LogP contribution is -2.21. The monoisotopic (exact) mass is 338 g/mol. The summed E-state index contributed by atoms with van der Waals surface area (Å²) in [5.41, 5.74) is 0.523. The van der Waals surface area contributed by atoms with E-state index in [4.69, 9.17) is 4.74 Å². The predicted molar refractivity (Wildman–Crippen MR) is 72.8 cm³/mol. The van der Waals surface area contributed by atoms with Gasteiger partial charge in [0.25, 0.3) is 0 Å². The maximum absolute atomic E-state index is 13.9. The Bertz CT molecular complexity index is 700. The Morgan fingerprint density at radius 1 is 1.15 bits per heavy atom. The molecule has 2 aromatic carbocycles. The summed E-state index contributed by atoms with van der Waals surface area (Å²) in [7, 11) is 0. The number of fused-ring (bicyclic) bond motifs is 1. The zero-order valence-electron chi connectivity index (χ0n) is 10.2. The van der Waals surface area contributed by atoms with E-state index >= 15 is 0 Å². The summed E-state index contributed by atoms with van der Waals surface area (Å²) < 4.78 is 33.3. The van der Waals surface area contributed by atoms with Gasteiger partial charge in [-0.25, -0.2) is 8.78 Å². The van der Waals surface area contributed by atoms with Crippen molar-refractivity contribution in [2.24, 2.45) is 0 Å². The Morgan fingerprint density at radius 2 is 1.95 bits per heavy atom. The number of ketones is 1. The van der Waals surface area contributed by atoms with Gasteiger partial charge in [0.2, 0.25) is 0 Å². The Morgan fingerprint density at radius 3 is 2.70 bits per heavy atom. The number of hydrogen-bond donors (Lipinski definition) is 0. The molecule has 0 spiro atoms. The Balaban J connectivity index is 1.99. The minimum absolute atomic E-state index is 0.00495. The molecule has 1 heterocycles. The maximum Gasteiger partial charge on any atom is 0.170 e. The number of halogens is 3. The molecule has 0 saturated carbocycles. The first-order chi connectivity index (χ1) is 9.54. The summed E-state index contributed by atoms with van der Waals surface area (Å²) in [6.07, 6.45) is -0.691. The van der Waals surface area contributed by atoms with Crippen LogP contribution in [0.5, 0.6) is 5.75 Å². The Hall–Kier alpha value is -1.75. The number of ether oxygens (including phenoxy) is 1. The zero-order chi connectivity index (χ0) is 14.3. The van der Waals surface area contributed by atoms with E-state index in [1.807, 2.05) is 0 Å². The number of carbonyl (C=O) groups is 1. The summed E-state index contributed by atoms with van der Waals surface area (Å²) >= 11 is 3.18. The van der Waals surface area contributed by atoms with Gasteiger partial charge in [0.1, 0.15) is 23.5 Å². The lowest BCUT2D eigenvalue weighted by molar-refractivity contribution is 0.0845. The molecule has 0 amide bonds. The molecular formula is C15H9BrF2O2. The summed E-state index contributed by atoms with van der Waals surface area (Å²) in [5, 5.41) is 0. The fourth-order valence-electron chi connectivity index (χ4n) is 2.23. The molecule has 20 heavy (non-hydrogen) atoms. The van der Waals surface area contributed by atoms with Gasteiger partial charge >= 0.3 is 0 Å². The van der Waals surface area contributed by atoms with Crippen LogP contribution in [-0.4, -0.2) is 5.78 Å². The summed E-state index contributed by atoms with van der Waals surface area (Å²) in [6.45, 7) is 0. The van der Waals surface area contributed by atoms with Crippen LogP contribution in [0.3, 0.4) is 0 Å². The third-order valence-corrected chi connectivity index (χ3v) is 3.68. The summed E-state index contributed by atoms with van der Waals surface area (Å²) in [4.78, 5) is 12.0. The largest absolute Gasteiger partial charge is 0.484 e. The first kappa shape index (κ1) is 13.2. The van der Waals surface area contributed by atoms with Gasteiger partial charge in [-0.05, 0) is 30.3 Å². The average Bonchev–Trinajstić information content (AvgIpc) is 2.39. The average molecular weight is 339 g/mol. The number of Topliss-reactive ketones (excluding diaryl/α,β-unsaturated/α-hetero) is 1. The van der Waals surface area contributed by atoms with Crippen LogP contribution in [0.1, 0.15) is 28.4 Å². The number of benzene rings is 2. The predicted octanol–water partition coefficient (Wildman–Crippen LogP) is 4.43. The van der Waals surface area contributed by atoms with E-state index in [2.05, 4.69) is 15.9 Å². The van der Waals surface area contributed by atoms with Crippen LogP contribution in [0.15, 0.2) is 40.9 Å². The molecule has 0 radical (unpaired) electrons. The molecule has 0 saturated heterocycles. The van der Waals surface area contributed by atoms with E-state index in [-0.39, 0.29) is 23.5 Å². The lowest BCUT2D eigenvalue weighted by Gasteiger charge is -2.25. The highest BCUT2D eigenvalue weighted by Gasteiger charge is 2.29. The Kier molecular flexibility index (Phi) is 3.30. The third kappa shape index (κ3) is 2.33. The standard InChI is InChI=1S/C15H9BrF2O2/c16-8-1-3-10(12(18)5-8)15-7-13(19)11-6-9(17)2-4-14(11)20-15/h1-6,15H,7H2. The van der Waals surface area contributed by atoms with Crippen LogP contribution >= 0.6 is 15.9 Å². The topological polar surface area (TPSA) is 26.3 Å². The molecular weight excluding hydrogens is 330 g/mol. The molecule has 0 aromatic heterocycles. The minimum atomic E-state index is -0.687. The van der Waals surface area contributed by atoms with Crippen LogP contribution < -0.4 is 4.74 Å². The molecule has 0 N–H and O–H groups in total. The van der Waals surface area contributed by atoms with Gasteiger partial charge < -0.3 is 4.74 Å². The van der Waals surface area contributed by atoms with Gasteiger partial charge in [-0.1, -0.05) is 22.0 Å². The van der Waals surface area contributed by atoms with E-state index < -0.39 is 17.7 Å². The highest BCUT2D eigenvalue weighted by Crippen LogP contribution is 2.36. The fraction of sp³-hybridized carbons (Fsp3) is 0.133. The first-order valence-electron chi connectivity index (χ1n) is 5.99. The molecule has 1 aliphatic heterocycles. The molecule has 2 nitrogen and oxygen atoms in total. The summed E-state index contributed by atoms with van der Waals surface area (Å²) in [6, 6.07) is 8.34. The molecule has 5 heteroatoms. The van der Waals surface area contributed by atoms with Crippen molar-refractivity contribution in [1.29, 1.82) is 0 Å². The van der Waals surface area contributed by atoms with E-state index in [1.54, 1.807) is 12.1 Å². The van der Waals surface area contributed by atoms with Gasteiger partial charge in [-0.15, -0.1) is 0 Å². The van der Waals surface area contributed by atoms with E-state index in [9.17, 15) is 13.6 Å². The van der Waals surface area contributed by atoms with Crippen LogP contribution in [0.4, 0.5) is 8.78 Å². The second-order valence-electron chi connectivity index (χ2n) is 4.54. The SMILES string of the molecule is O=C1CC(c2ccc(Br)cc2F)Oc2ccc(F)cc21. The highest BCUT2D eigenvalue weighted by molar-refractivity contribution is 9.10. The highest BCUT2D eigenvalue weighted by atomic mass is 79.9. The van der Waals surface area contributed by atoms with Crippen LogP contribution in [0.2, 0.25) is 0 Å². The molecule has 1 unspecified atom stereocenters. The molecule has 1 aliphatic rings. The number of rotatable bonds is 1. The van der Waals surface area contributed by atoms with Gasteiger partial charge in [-0.2, -0.15) is 0 Å². The number of hydrogen-bond acceptors (Lipinski definition) is 2. The minimum Gasteiger partial charge on any atom is -0.484 e. The molecule has 3 rings (SSSR count). The summed E-state index contributed by atoms with van der Waals surface area (Å²) in [5.74, 6) is -0.898. The maximum atomic E-state index is 13.9. The van der Waals surface area contributed by atoms with E-state index in [0.29, 0.717) is 10.0 Å². The molecule has 0 bridgehead atoms. The van der Waals surface area contributed by atoms with Gasteiger partial charge in [-0.3, -0.25) is 4.79 Å². The lowest BCUT2D eigenvalue weighted by atomic mass is 9.96. The Labute approximate surface area is 122 Å². The van der Waals surface area contributed by atoms with Crippen molar-refractivity contribution in [3.63, 3.8) is 0 Å². The molecule has 2 aromatic rings. The molecule has 1 atom stereocenters. The number of carbonyl (C=O) groups excluding carboxylic acids is 1.